The second-order valence-corrected chi connectivity index (χ2v) is 6.42. The summed E-state index contributed by atoms with van der Waals surface area (Å²) in [5, 5.41) is 3.30. The van der Waals surface area contributed by atoms with Gasteiger partial charge in [0.1, 0.15) is 0 Å². The van der Waals surface area contributed by atoms with Crippen LogP contribution >= 0.6 is 0 Å². The summed E-state index contributed by atoms with van der Waals surface area (Å²) < 4.78 is 10.9. The Morgan fingerprint density at radius 2 is 1.90 bits per heavy atom. The van der Waals surface area contributed by atoms with E-state index >= 15 is 0 Å². The Kier molecular flexibility index (Phi) is 3.83. The van der Waals surface area contributed by atoms with E-state index in [4.69, 9.17) is 9.47 Å². The summed E-state index contributed by atoms with van der Waals surface area (Å²) in [6, 6.07) is 7.46. The zero-order chi connectivity index (χ0) is 14.9. The lowest BCUT2D eigenvalue weighted by atomic mass is 9.92. The van der Waals surface area contributed by atoms with Crippen molar-refractivity contribution in [2.75, 3.05) is 19.8 Å². The highest BCUT2D eigenvalue weighted by Crippen LogP contribution is 2.29. The summed E-state index contributed by atoms with van der Waals surface area (Å²) in [5.74, 6) is 0.0370. The van der Waals surface area contributed by atoms with Crippen molar-refractivity contribution in [2.45, 2.75) is 26.6 Å². The fourth-order valence-electron chi connectivity index (χ4n) is 2.69. The standard InChI is InChI=1S/C17H21NO3/c1-17(2)10-14(18-11-17)9-15(19)12-3-5-13(6-4-12)16-20-7-8-21-16/h3-6,9,16,18H,7-8,10-11H2,1-2H3/b14-9-. The molecule has 4 nitrogen and oxygen atoms in total. The first-order chi connectivity index (χ1) is 10.0. The van der Waals surface area contributed by atoms with Crippen LogP contribution in [-0.4, -0.2) is 25.5 Å². The van der Waals surface area contributed by atoms with E-state index in [1.807, 2.05) is 24.3 Å². The molecule has 0 bridgehead atoms. The van der Waals surface area contributed by atoms with Crippen LogP contribution in [0.4, 0.5) is 0 Å². The van der Waals surface area contributed by atoms with Crippen LogP contribution in [0, 0.1) is 5.41 Å². The van der Waals surface area contributed by atoms with Crippen molar-refractivity contribution in [3.05, 3.63) is 47.2 Å². The molecule has 2 saturated heterocycles. The number of carbonyl (C=O) groups is 1. The smallest absolute Gasteiger partial charge is 0.187 e. The average Bonchev–Trinajstić information content (AvgIpc) is 3.09. The van der Waals surface area contributed by atoms with Gasteiger partial charge in [0.2, 0.25) is 0 Å². The van der Waals surface area contributed by atoms with Gasteiger partial charge in [0, 0.05) is 29.4 Å². The van der Waals surface area contributed by atoms with Gasteiger partial charge < -0.3 is 14.8 Å². The van der Waals surface area contributed by atoms with Crippen molar-refractivity contribution in [2.24, 2.45) is 5.41 Å². The number of nitrogens with one attached hydrogen (secondary N) is 1. The van der Waals surface area contributed by atoms with E-state index in [1.165, 1.54) is 0 Å². The van der Waals surface area contributed by atoms with E-state index < -0.39 is 0 Å². The zero-order valence-corrected chi connectivity index (χ0v) is 12.5. The lowest BCUT2D eigenvalue weighted by molar-refractivity contribution is -0.0441. The molecule has 3 rings (SSSR count). The van der Waals surface area contributed by atoms with Crippen molar-refractivity contribution < 1.29 is 14.3 Å². The lowest BCUT2D eigenvalue weighted by Crippen LogP contribution is -2.15. The molecule has 2 heterocycles. The topological polar surface area (TPSA) is 47.6 Å². The Morgan fingerprint density at radius 1 is 1.24 bits per heavy atom. The number of carbonyl (C=O) groups excluding carboxylic acids is 1. The van der Waals surface area contributed by atoms with E-state index in [2.05, 4.69) is 19.2 Å². The summed E-state index contributed by atoms with van der Waals surface area (Å²) in [6.45, 7) is 6.56. The van der Waals surface area contributed by atoms with Gasteiger partial charge in [0.05, 0.1) is 13.2 Å². The highest BCUT2D eigenvalue weighted by molar-refractivity contribution is 6.04. The van der Waals surface area contributed by atoms with Crippen molar-refractivity contribution in [3.63, 3.8) is 0 Å². The average molecular weight is 287 g/mol. The van der Waals surface area contributed by atoms with Gasteiger partial charge in [-0.1, -0.05) is 38.1 Å². The van der Waals surface area contributed by atoms with E-state index in [0.717, 1.165) is 24.2 Å². The van der Waals surface area contributed by atoms with Crippen molar-refractivity contribution in [3.8, 4) is 0 Å². The predicted molar refractivity (Wildman–Crippen MR) is 79.9 cm³/mol. The Hall–Kier alpha value is -1.65. The number of ether oxygens (including phenoxy) is 2. The highest BCUT2D eigenvalue weighted by Gasteiger charge is 2.26. The molecule has 0 spiro atoms. The minimum atomic E-state index is -0.287. The maximum Gasteiger partial charge on any atom is 0.187 e. The molecule has 0 saturated carbocycles. The number of rotatable bonds is 3. The number of allylic oxidation sites excluding steroid dienone is 2. The lowest BCUT2D eigenvalue weighted by Gasteiger charge is -2.12. The molecular formula is C17H21NO3. The van der Waals surface area contributed by atoms with Gasteiger partial charge in [-0.3, -0.25) is 4.79 Å². The number of hydrogen-bond donors (Lipinski definition) is 1. The largest absolute Gasteiger partial charge is 0.388 e. The van der Waals surface area contributed by atoms with Gasteiger partial charge >= 0.3 is 0 Å². The van der Waals surface area contributed by atoms with E-state index in [-0.39, 0.29) is 17.5 Å². The quantitative estimate of drug-likeness (QED) is 0.686. The first kappa shape index (κ1) is 14.3. The molecule has 0 amide bonds. The summed E-state index contributed by atoms with van der Waals surface area (Å²) in [5.41, 5.74) is 2.90. The third-order valence-electron chi connectivity index (χ3n) is 3.86. The van der Waals surface area contributed by atoms with Gasteiger partial charge in [0.15, 0.2) is 12.1 Å². The van der Waals surface area contributed by atoms with Gasteiger partial charge in [0.25, 0.3) is 0 Å². The molecule has 0 atom stereocenters. The molecule has 0 unspecified atom stereocenters. The Labute approximate surface area is 125 Å². The Balaban J connectivity index is 1.69. The summed E-state index contributed by atoms with van der Waals surface area (Å²) >= 11 is 0. The molecule has 1 N–H and O–H groups in total. The van der Waals surface area contributed by atoms with Gasteiger partial charge in [-0.15, -0.1) is 0 Å². The summed E-state index contributed by atoms with van der Waals surface area (Å²) in [4.78, 5) is 12.3. The van der Waals surface area contributed by atoms with Crippen molar-refractivity contribution in [1.29, 1.82) is 0 Å². The summed E-state index contributed by atoms with van der Waals surface area (Å²) in [7, 11) is 0. The molecule has 1 aromatic carbocycles. The minimum Gasteiger partial charge on any atom is -0.388 e. The second kappa shape index (κ2) is 5.62. The van der Waals surface area contributed by atoms with Crippen molar-refractivity contribution in [1.82, 2.24) is 5.32 Å². The zero-order valence-electron chi connectivity index (χ0n) is 12.5. The SMILES string of the molecule is CC1(C)CN/C(=C\C(=O)c2ccc(C3OCCO3)cc2)C1. The van der Waals surface area contributed by atoms with E-state index in [9.17, 15) is 4.79 Å². The molecular weight excluding hydrogens is 266 g/mol. The molecule has 4 heteroatoms. The maximum atomic E-state index is 12.3. The molecule has 2 aliphatic heterocycles. The third kappa shape index (κ3) is 3.34. The van der Waals surface area contributed by atoms with Crippen LogP contribution in [0.3, 0.4) is 0 Å². The van der Waals surface area contributed by atoms with E-state index in [1.54, 1.807) is 6.08 Å². The van der Waals surface area contributed by atoms with Crippen LogP contribution in [-0.2, 0) is 9.47 Å². The minimum absolute atomic E-state index is 0.0370. The molecule has 1 aromatic rings. The Bertz CT molecular complexity index is 554. The molecule has 0 aliphatic carbocycles. The van der Waals surface area contributed by atoms with Crippen LogP contribution in [0.2, 0.25) is 0 Å². The van der Waals surface area contributed by atoms with Crippen LogP contribution in [0.5, 0.6) is 0 Å². The number of hydrogen-bond acceptors (Lipinski definition) is 4. The fraction of sp³-hybridized carbons (Fsp3) is 0.471. The van der Waals surface area contributed by atoms with Crippen LogP contribution < -0.4 is 5.32 Å². The first-order valence-corrected chi connectivity index (χ1v) is 7.35. The monoisotopic (exact) mass is 287 g/mol. The molecule has 21 heavy (non-hydrogen) atoms. The number of benzene rings is 1. The van der Waals surface area contributed by atoms with Crippen molar-refractivity contribution >= 4 is 5.78 Å². The van der Waals surface area contributed by atoms with Gasteiger partial charge in [-0.05, 0) is 11.8 Å². The van der Waals surface area contributed by atoms with Gasteiger partial charge in [-0.25, -0.2) is 0 Å². The third-order valence-corrected chi connectivity index (χ3v) is 3.86. The van der Waals surface area contributed by atoms with Crippen LogP contribution in [0.15, 0.2) is 36.0 Å². The first-order valence-electron chi connectivity index (χ1n) is 7.35. The van der Waals surface area contributed by atoms with Crippen LogP contribution in [0.25, 0.3) is 0 Å². The maximum absolute atomic E-state index is 12.3. The van der Waals surface area contributed by atoms with E-state index in [0.29, 0.717) is 18.8 Å². The highest BCUT2D eigenvalue weighted by atomic mass is 16.7. The number of ketones is 1. The molecule has 2 fully saturated rings. The molecule has 2 aliphatic rings. The normalized spacial score (nSPS) is 23.4. The molecule has 0 radical (unpaired) electrons. The molecule has 112 valence electrons. The van der Waals surface area contributed by atoms with Crippen LogP contribution in [0.1, 0.15) is 42.5 Å². The fourth-order valence-corrected chi connectivity index (χ4v) is 2.69. The molecule has 0 aromatic heterocycles. The van der Waals surface area contributed by atoms with Gasteiger partial charge in [-0.2, -0.15) is 0 Å². The predicted octanol–water partition coefficient (Wildman–Crippen LogP) is 2.82. The Morgan fingerprint density at radius 3 is 2.48 bits per heavy atom. The summed E-state index contributed by atoms with van der Waals surface area (Å²) in [6.07, 6.45) is 2.34. The second-order valence-electron chi connectivity index (χ2n) is 6.42.